The lowest BCUT2D eigenvalue weighted by atomic mass is 10.2. The summed E-state index contributed by atoms with van der Waals surface area (Å²) in [6.45, 7) is 2.03. The van der Waals surface area contributed by atoms with Crippen LogP contribution in [0.15, 0.2) is 71.6 Å². The second-order valence-electron chi connectivity index (χ2n) is 7.04. The van der Waals surface area contributed by atoms with E-state index in [9.17, 15) is 9.59 Å². The Labute approximate surface area is 194 Å². The molecular formula is C24H21N3O3S2. The Morgan fingerprint density at radius 2 is 1.88 bits per heavy atom. The minimum absolute atomic E-state index is 0.128. The molecule has 0 aliphatic carbocycles. The maximum Gasteiger partial charge on any atom is 0.255 e. The van der Waals surface area contributed by atoms with Crippen LogP contribution in [0, 0.1) is 6.92 Å². The maximum atomic E-state index is 12.5. The average Bonchev–Trinajstić information content (AvgIpc) is 3.19. The van der Waals surface area contributed by atoms with Gasteiger partial charge in [0, 0.05) is 16.1 Å². The summed E-state index contributed by atoms with van der Waals surface area (Å²) >= 11 is 2.86. The average molecular weight is 464 g/mol. The number of rotatable bonds is 7. The van der Waals surface area contributed by atoms with Crippen LogP contribution in [0.1, 0.15) is 15.9 Å². The van der Waals surface area contributed by atoms with Gasteiger partial charge in [-0.3, -0.25) is 9.59 Å². The fourth-order valence-electron chi connectivity index (χ4n) is 3.02. The van der Waals surface area contributed by atoms with Crippen LogP contribution in [0.4, 0.5) is 10.8 Å². The first-order valence-corrected chi connectivity index (χ1v) is 11.7. The summed E-state index contributed by atoms with van der Waals surface area (Å²) in [5, 5.41) is 6.34. The minimum Gasteiger partial charge on any atom is -0.497 e. The lowest BCUT2D eigenvalue weighted by Gasteiger charge is -2.08. The van der Waals surface area contributed by atoms with Crippen molar-refractivity contribution in [2.45, 2.75) is 11.8 Å². The Bertz CT molecular complexity index is 1290. The van der Waals surface area contributed by atoms with Crippen molar-refractivity contribution in [3.8, 4) is 5.75 Å². The number of ether oxygens (including phenoxy) is 1. The van der Waals surface area contributed by atoms with Crippen LogP contribution in [-0.4, -0.2) is 29.7 Å². The van der Waals surface area contributed by atoms with Crippen LogP contribution in [0.2, 0.25) is 0 Å². The monoisotopic (exact) mass is 463 g/mol. The number of carbonyl (C=O) groups excluding carboxylic acids is 2. The lowest BCUT2D eigenvalue weighted by Crippen LogP contribution is -2.14. The van der Waals surface area contributed by atoms with Crippen LogP contribution >= 0.6 is 23.1 Å². The van der Waals surface area contributed by atoms with Crippen LogP contribution in [0.5, 0.6) is 5.75 Å². The fraction of sp³-hybridized carbons (Fsp3) is 0.125. The van der Waals surface area contributed by atoms with Gasteiger partial charge < -0.3 is 15.4 Å². The van der Waals surface area contributed by atoms with E-state index < -0.39 is 0 Å². The molecule has 8 heteroatoms. The van der Waals surface area contributed by atoms with E-state index in [2.05, 4.69) is 21.7 Å². The number of benzene rings is 3. The second kappa shape index (κ2) is 9.84. The van der Waals surface area contributed by atoms with Crippen LogP contribution in [-0.2, 0) is 4.79 Å². The highest BCUT2D eigenvalue weighted by molar-refractivity contribution is 8.00. The van der Waals surface area contributed by atoms with Gasteiger partial charge in [0.1, 0.15) is 5.75 Å². The predicted octanol–water partition coefficient (Wildman–Crippen LogP) is 5.60. The molecule has 0 unspecified atom stereocenters. The van der Waals surface area contributed by atoms with Crippen LogP contribution < -0.4 is 15.4 Å². The molecule has 0 radical (unpaired) electrons. The summed E-state index contributed by atoms with van der Waals surface area (Å²) < 4.78 is 6.22. The van der Waals surface area contributed by atoms with Crippen molar-refractivity contribution in [1.29, 1.82) is 0 Å². The fourth-order valence-corrected chi connectivity index (χ4v) is 4.76. The van der Waals surface area contributed by atoms with Crippen molar-refractivity contribution < 1.29 is 14.3 Å². The molecule has 0 fully saturated rings. The van der Waals surface area contributed by atoms with Crippen LogP contribution in [0.3, 0.4) is 0 Å². The van der Waals surface area contributed by atoms with Gasteiger partial charge >= 0.3 is 0 Å². The molecule has 32 heavy (non-hydrogen) atoms. The third-order valence-electron chi connectivity index (χ3n) is 4.58. The number of aryl methyl sites for hydroxylation is 1. The molecule has 1 heterocycles. The van der Waals surface area contributed by atoms with E-state index in [1.54, 1.807) is 31.4 Å². The number of thiazole rings is 1. The van der Waals surface area contributed by atoms with Crippen molar-refractivity contribution in [2.24, 2.45) is 0 Å². The van der Waals surface area contributed by atoms with Gasteiger partial charge in [-0.1, -0.05) is 29.5 Å². The third-order valence-corrected chi connectivity index (χ3v) is 6.51. The highest BCUT2D eigenvalue weighted by Gasteiger charge is 2.10. The zero-order valence-corrected chi connectivity index (χ0v) is 19.2. The smallest absolute Gasteiger partial charge is 0.255 e. The standard InChI is InChI=1S/C24H21N3O3S2/c1-15-9-10-20-21(11-15)32-24(26-20)27-22(28)14-31-19-8-4-6-17(13-19)25-23(29)16-5-3-7-18(12-16)30-2/h3-13H,14H2,1-2H3,(H,25,29)(H,26,27,28). The van der Waals surface area contributed by atoms with E-state index in [1.165, 1.54) is 23.1 Å². The molecule has 162 valence electrons. The Kier molecular flexibility index (Phi) is 6.72. The van der Waals surface area contributed by atoms with Gasteiger partial charge in [-0.05, 0) is 61.0 Å². The first-order valence-electron chi connectivity index (χ1n) is 9.85. The van der Waals surface area contributed by atoms with Crippen LogP contribution in [0.25, 0.3) is 10.2 Å². The first kappa shape index (κ1) is 21.9. The third kappa shape index (κ3) is 5.46. The molecular weight excluding hydrogens is 442 g/mol. The van der Waals surface area contributed by atoms with Gasteiger partial charge in [0.15, 0.2) is 5.13 Å². The van der Waals surface area contributed by atoms with Gasteiger partial charge in [0.25, 0.3) is 5.91 Å². The number of carbonyl (C=O) groups is 2. The zero-order valence-electron chi connectivity index (χ0n) is 17.5. The molecule has 0 aliphatic rings. The molecule has 2 amide bonds. The highest BCUT2D eigenvalue weighted by Crippen LogP contribution is 2.27. The van der Waals surface area contributed by atoms with E-state index in [0.717, 1.165) is 20.7 Å². The SMILES string of the molecule is COc1cccc(C(=O)Nc2cccc(SCC(=O)Nc3nc4ccc(C)cc4s3)c2)c1. The van der Waals surface area contributed by atoms with E-state index in [1.807, 2.05) is 43.3 Å². The number of thioether (sulfide) groups is 1. The van der Waals surface area contributed by atoms with Gasteiger partial charge in [0.05, 0.1) is 23.1 Å². The molecule has 4 rings (SSSR count). The van der Waals surface area contributed by atoms with E-state index in [4.69, 9.17) is 4.74 Å². The molecule has 0 bridgehead atoms. The normalized spacial score (nSPS) is 10.7. The number of aromatic nitrogens is 1. The Morgan fingerprint density at radius 1 is 1.03 bits per heavy atom. The number of amides is 2. The molecule has 0 atom stereocenters. The quantitative estimate of drug-likeness (QED) is 0.349. The summed E-state index contributed by atoms with van der Waals surface area (Å²) in [6.07, 6.45) is 0. The number of fused-ring (bicyclic) bond motifs is 1. The van der Waals surface area contributed by atoms with Gasteiger partial charge in [-0.25, -0.2) is 4.98 Å². The Balaban J connectivity index is 1.34. The summed E-state index contributed by atoms with van der Waals surface area (Å²) in [5.74, 6) is 0.505. The number of nitrogens with one attached hydrogen (secondary N) is 2. The van der Waals surface area contributed by atoms with Crippen molar-refractivity contribution in [3.63, 3.8) is 0 Å². The van der Waals surface area contributed by atoms with Crippen molar-refractivity contribution in [3.05, 3.63) is 77.9 Å². The Hall–Kier alpha value is -3.36. The van der Waals surface area contributed by atoms with E-state index >= 15 is 0 Å². The molecule has 4 aromatic rings. The molecule has 0 spiro atoms. The topological polar surface area (TPSA) is 80.3 Å². The van der Waals surface area contributed by atoms with Gasteiger partial charge in [-0.15, -0.1) is 11.8 Å². The van der Waals surface area contributed by atoms with Gasteiger partial charge in [0.2, 0.25) is 5.91 Å². The lowest BCUT2D eigenvalue weighted by molar-refractivity contribution is -0.113. The minimum atomic E-state index is -0.227. The molecule has 0 aliphatic heterocycles. The molecule has 3 aromatic carbocycles. The predicted molar refractivity (Wildman–Crippen MR) is 131 cm³/mol. The van der Waals surface area contributed by atoms with E-state index in [-0.39, 0.29) is 17.6 Å². The molecule has 2 N–H and O–H groups in total. The molecule has 6 nitrogen and oxygen atoms in total. The van der Waals surface area contributed by atoms with Crippen molar-refractivity contribution in [2.75, 3.05) is 23.5 Å². The number of anilines is 2. The number of methoxy groups -OCH3 is 1. The summed E-state index contributed by atoms with van der Waals surface area (Å²) in [7, 11) is 1.56. The first-order chi connectivity index (χ1) is 15.5. The molecule has 0 saturated carbocycles. The zero-order chi connectivity index (χ0) is 22.5. The number of hydrogen-bond acceptors (Lipinski definition) is 6. The largest absolute Gasteiger partial charge is 0.497 e. The number of hydrogen-bond donors (Lipinski definition) is 2. The van der Waals surface area contributed by atoms with Crippen molar-refractivity contribution >= 4 is 55.9 Å². The Morgan fingerprint density at radius 3 is 2.72 bits per heavy atom. The second-order valence-corrected chi connectivity index (χ2v) is 9.12. The summed E-state index contributed by atoms with van der Waals surface area (Å²) in [5.41, 5.74) is 3.20. The van der Waals surface area contributed by atoms with E-state index in [0.29, 0.717) is 22.1 Å². The number of nitrogens with zero attached hydrogens (tertiary/aromatic N) is 1. The van der Waals surface area contributed by atoms with Crippen molar-refractivity contribution in [1.82, 2.24) is 4.98 Å². The molecule has 0 saturated heterocycles. The summed E-state index contributed by atoms with van der Waals surface area (Å²) in [6, 6.07) is 20.4. The summed E-state index contributed by atoms with van der Waals surface area (Å²) in [4.78, 5) is 30.2. The highest BCUT2D eigenvalue weighted by atomic mass is 32.2. The molecule has 1 aromatic heterocycles. The maximum absolute atomic E-state index is 12.5. The van der Waals surface area contributed by atoms with Gasteiger partial charge in [-0.2, -0.15) is 0 Å².